The molecule has 2 heteroatoms. The molecule has 0 atom stereocenters. The first-order valence-corrected chi connectivity index (χ1v) is 5.87. The van der Waals surface area contributed by atoms with Gasteiger partial charge in [-0.3, -0.25) is 4.79 Å². The van der Waals surface area contributed by atoms with Crippen molar-refractivity contribution in [2.45, 2.75) is 39.5 Å². The molecule has 0 aromatic heterocycles. The lowest BCUT2D eigenvalue weighted by molar-refractivity contribution is -0.117. The zero-order chi connectivity index (χ0) is 11.9. The molecule has 1 aliphatic rings. The molecule has 0 saturated heterocycles. The molecule has 1 aliphatic heterocycles. The summed E-state index contributed by atoms with van der Waals surface area (Å²) in [6, 6.07) is 6.41. The minimum Gasteiger partial charge on any atom is -0.312 e. The molecule has 16 heavy (non-hydrogen) atoms. The molecule has 0 saturated carbocycles. The number of carbonyl (C=O) groups is 1. The van der Waals surface area contributed by atoms with E-state index in [-0.39, 0.29) is 11.3 Å². The van der Waals surface area contributed by atoms with Crippen LogP contribution in [0.1, 0.15) is 38.8 Å². The van der Waals surface area contributed by atoms with Gasteiger partial charge in [-0.25, -0.2) is 0 Å². The van der Waals surface area contributed by atoms with Crippen molar-refractivity contribution in [3.05, 3.63) is 29.3 Å². The summed E-state index contributed by atoms with van der Waals surface area (Å²) >= 11 is 0. The van der Waals surface area contributed by atoms with Crippen molar-refractivity contribution < 1.29 is 4.79 Å². The van der Waals surface area contributed by atoms with Gasteiger partial charge in [0.1, 0.15) is 0 Å². The Labute approximate surface area is 97.3 Å². The van der Waals surface area contributed by atoms with Crippen LogP contribution in [0, 0.1) is 0 Å². The van der Waals surface area contributed by atoms with Crippen LogP contribution in [0.4, 0.5) is 5.69 Å². The lowest BCUT2D eigenvalue weighted by atomic mass is 9.86. The normalized spacial score (nSPS) is 15.5. The lowest BCUT2D eigenvalue weighted by Crippen LogP contribution is -2.25. The molecular formula is C14H19NO. The van der Waals surface area contributed by atoms with Gasteiger partial charge in [0.15, 0.2) is 0 Å². The second-order valence-corrected chi connectivity index (χ2v) is 5.41. The third kappa shape index (κ3) is 1.73. The third-order valence-electron chi connectivity index (χ3n) is 3.20. The smallest absolute Gasteiger partial charge is 0.231 e. The summed E-state index contributed by atoms with van der Waals surface area (Å²) in [5.74, 6) is 0.226. The highest BCUT2D eigenvalue weighted by atomic mass is 16.2. The first kappa shape index (κ1) is 11.2. The van der Waals surface area contributed by atoms with Gasteiger partial charge in [-0.05, 0) is 29.5 Å². The summed E-state index contributed by atoms with van der Waals surface area (Å²) in [5.41, 5.74) is 3.73. The van der Waals surface area contributed by atoms with Crippen LogP contribution in [0.3, 0.4) is 0 Å². The molecule has 0 radical (unpaired) electrons. The second-order valence-electron chi connectivity index (χ2n) is 5.41. The van der Waals surface area contributed by atoms with Crippen LogP contribution in [0.25, 0.3) is 0 Å². The van der Waals surface area contributed by atoms with E-state index in [1.54, 1.807) is 0 Å². The van der Waals surface area contributed by atoms with Crippen LogP contribution in [-0.2, 0) is 16.6 Å². The quantitative estimate of drug-likeness (QED) is 0.708. The largest absolute Gasteiger partial charge is 0.312 e. The topological polar surface area (TPSA) is 20.3 Å². The molecule has 0 N–H and O–H groups in total. The maximum Gasteiger partial charge on any atom is 0.231 e. The van der Waals surface area contributed by atoms with Crippen LogP contribution in [0.2, 0.25) is 0 Å². The van der Waals surface area contributed by atoms with Gasteiger partial charge in [0.2, 0.25) is 5.91 Å². The molecule has 0 spiro atoms. The molecular weight excluding hydrogens is 198 g/mol. The van der Waals surface area contributed by atoms with E-state index in [9.17, 15) is 4.79 Å². The molecule has 2 rings (SSSR count). The van der Waals surface area contributed by atoms with E-state index >= 15 is 0 Å². The Morgan fingerprint density at radius 2 is 2.00 bits per heavy atom. The Balaban J connectivity index is 2.44. The van der Waals surface area contributed by atoms with Gasteiger partial charge >= 0.3 is 0 Å². The molecule has 0 bridgehead atoms. The number of hydrogen-bond acceptors (Lipinski definition) is 1. The number of rotatable bonds is 1. The maximum absolute atomic E-state index is 11.7. The maximum atomic E-state index is 11.7. The van der Waals surface area contributed by atoms with Crippen LogP contribution >= 0.6 is 0 Å². The Kier molecular flexibility index (Phi) is 2.53. The molecule has 1 heterocycles. The van der Waals surface area contributed by atoms with Gasteiger partial charge in [0.05, 0.1) is 6.42 Å². The predicted molar refractivity (Wildman–Crippen MR) is 66.9 cm³/mol. The summed E-state index contributed by atoms with van der Waals surface area (Å²) < 4.78 is 0. The van der Waals surface area contributed by atoms with Crippen molar-refractivity contribution in [1.29, 1.82) is 0 Å². The number of hydrogen-bond donors (Lipinski definition) is 0. The van der Waals surface area contributed by atoms with Crippen molar-refractivity contribution >= 4 is 11.6 Å². The fraction of sp³-hybridized carbons (Fsp3) is 0.500. The Bertz CT molecular complexity index is 429. The molecule has 1 aromatic rings. The van der Waals surface area contributed by atoms with E-state index in [0.29, 0.717) is 6.42 Å². The van der Waals surface area contributed by atoms with Gasteiger partial charge in [-0.2, -0.15) is 0 Å². The minimum atomic E-state index is 0.151. The summed E-state index contributed by atoms with van der Waals surface area (Å²) in [5, 5.41) is 0. The SMILES string of the molecule is CCN1C(=O)Cc2cc(C(C)(C)C)ccc21. The van der Waals surface area contributed by atoms with E-state index in [0.717, 1.165) is 12.2 Å². The fourth-order valence-corrected chi connectivity index (χ4v) is 2.20. The Hall–Kier alpha value is -1.31. The zero-order valence-corrected chi connectivity index (χ0v) is 10.5. The predicted octanol–water partition coefficient (Wildman–Crippen LogP) is 2.89. The molecule has 0 aliphatic carbocycles. The van der Waals surface area contributed by atoms with Gasteiger partial charge in [0, 0.05) is 12.2 Å². The van der Waals surface area contributed by atoms with Crippen molar-refractivity contribution in [2.75, 3.05) is 11.4 Å². The first-order valence-electron chi connectivity index (χ1n) is 5.87. The van der Waals surface area contributed by atoms with Crippen molar-refractivity contribution in [1.82, 2.24) is 0 Å². The van der Waals surface area contributed by atoms with Crippen LogP contribution in [0.5, 0.6) is 0 Å². The summed E-state index contributed by atoms with van der Waals surface area (Å²) in [4.78, 5) is 13.6. The number of amides is 1. The zero-order valence-electron chi connectivity index (χ0n) is 10.5. The summed E-state index contributed by atoms with van der Waals surface area (Å²) in [6.45, 7) is 9.38. The summed E-state index contributed by atoms with van der Waals surface area (Å²) in [6.07, 6.45) is 0.563. The molecule has 1 aromatic carbocycles. The fourth-order valence-electron chi connectivity index (χ4n) is 2.20. The van der Waals surface area contributed by atoms with E-state index in [1.165, 1.54) is 11.1 Å². The number of nitrogens with zero attached hydrogens (tertiary/aromatic N) is 1. The molecule has 86 valence electrons. The highest BCUT2D eigenvalue weighted by Crippen LogP contribution is 2.33. The van der Waals surface area contributed by atoms with Crippen LogP contribution < -0.4 is 4.90 Å². The lowest BCUT2D eigenvalue weighted by Gasteiger charge is -2.21. The van der Waals surface area contributed by atoms with Crippen molar-refractivity contribution in [3.63, 3.8) is 0 Å². The number of anilines is 1. The average molecular weight is 217 g/mol. The third-order valence-corrected chi connectivity index (χ3v) is 3.20. The monoisotopic (exact) mass is 217 g/mol. The highest BCUT2D eigenvalue weighted by Gasteiger charge is 2.27. The van der Waals surface area contributed by atoms with Gasteiger partial charge < -0.3 is 4.90 Å². The first-order chi connectivity index (χ1) is 7.43. The van der Waals surface area contributed by atoms with E-state index in [4.69, 9.17) is 0 Å². The summed E-state index contributed by atoms with van der Waals surface area (Å²) in [7, 11) is 0. The Morgan fingerprint density at radius 3 is 2.56 bits per heavy atom. The Morgan fingerprint density at radius 1 is 1.31 bits per heavy atom. The molecule has 1 amide bonds. The number of fused-ring (bicyclic) bond motifs is 1. The van der Waals surface area contributed by atoms with Gasteiger partial charge in [0.25, 0.3) is 0 Å². The number of carbonyl (C=O) groups excluding carboxylic acids is 1. The van der Waals surface area contributed by atoms with E-state index in [1.807, 2.05) is 11.8 Å². The second kappa shape index (κ2) is 3.62. The standard InChI is InChI=1S/C14H19NO/c1-5-15-12-7-6-11(14(2,3)4)8-10(12)9-13(15)16/h6-8H,5,9H2,1-4H3. The van der Waals surface area contributed by atoms with Crippen LogP contribution in [0.15, 0.2) is 18.2 Å². The van der Waals surface area contributed by atoms with Crippen molar-refractivity contribution in [3.8, 4) is 0 Å². The number of likely N-dealkylation sites (N-methyl/N-ethyl adjacent to an activating group) is 1. The minimum absolute atomic E-state index is 0.151. The number of benzene rings is 1. The molecule has 0 fully saturated rings. The van der Waals surface area contributed by atoms with Gasteiger partial charge in [-0.1, -0.05) is 32.9 Å². The molecule has 2 nitrogen and oxygen atoms in total. The van der Waals surface area contributed by atoms with Gasteiger partial charge in [-0.15, -0.1) is 0 Å². The van der Waals surface area contributed by atoms with Crippen molar-refractivity contribution in [2.24, 2.45) is 0 Å². The van der Waals surface area contributed by atoms with Crippen LogP contribution in [-0.4, -0.2) is 12.5 Å². The van der Waals surface area contributed by atoms with E-state index < -0.39 is 0 Å². The van der Waals surface area contributed by atoms with E-state index in [2.05, 4.69) is 39.0 Å². The molecule has 0 unspecified atom stereocenters. The highest BCUT2D eigenvalue weighted by molar-refractivity contribution is 6.01. The average Bonchev–Trinajstić information content (AvgIpc) is 2.50.